The molecule has 34 heavy (non-hydrogen) atoms. The lowest BCUT2D eigenvalue weighted by Gasteiger charge is -2.05. The van der Waals surface area contributed by atoms with Crippen molar-refractivity contribution >= 4 is 45.2 Å². The van der Waals surface area contributed by atoms with Gasteiger partial charge in [0.15, 0.2) is 0 Å². The third-order valence-electron chi connectivity index (χ3n) is 5.47. The number of amides is 1. The van der Waals surface area contributed by atoms with E-state index in [4.69, 9.17) is 0 Å². The van der Waals surface area contributed by atoms with Crippen molar-refractivity contribution < 1.29 is 9.72 Å². The van der Waals surface area contributed by atoms with Crippen LogP contribution in [0.4, 0.5) is 11.4 Å². The Bertz CT molecular complexity index is 1600. The van der Waals surface area contributed by atoms with Crippen LogP contribution in [0, 0.1) is 17.0 Å². The molecule has 1 aromatic heterocycles. The fraction of sp³-hybridized carbons (Fsp3) is 0.0385. The van der Waals surface area contributed by atoms with Crippen molar-refractivity contribution in [2.75, 3.05) is 5.32 Å². The number of benzene rings is 4. The first-order chi connectivity index (χ1) is 16.5. The Balaban J connectivity index is 1.41. The summed E-state index contributed by atoms with van der Waals surface area (Å²) in [7, 11) is 0. The van der Waals surface area contributed by atoms with Crippen molar-refractivity contribution in [1.82, 2.24) is 15.0 Å². The van der Waals surface area contributed by atoms with Crippen LogP contribution >= 0.6 is 0 Å². The Morgan fingerprint density at radius 2 is 1.71 bits per heavy atom. The van der Waals surface area contributed by atoms with Crippen LogP contribution < -0.4 is 5.32 Å². The minimum absolute atomic E-state index is 0.0295. The normalized spacial score (nSPS) is 11.3. The molecule has 0 atom stereocenters. The number of anilines is 1. The van der Waals surface area contributed by atoms with Crippen LogP contribution in [0.2, 0.25) is 0 Å². The third-order valence-corrected chi connectivity index (χ3v) is 5.47. The highest BCUT2D eigenvalue weighted by molar-refractivity contribution is 6.03. The van der Waals surface area contributed by atoms with E-state index in [1.807, 2.05) is 55.5 Å². The predicted octanol–water partition coefficient (Wildman–Crippen LogP) is 5.44. The topological polar surface area (TPSA) is 103 Å². The van der Waals surface area contributed by atoms with Crippen molar-refractivity contribution in [2.45, 2.75) is 6.92 Å². The molecule has 0 fully saturated rings. The van der Waals surface area contributed by atoms with Gasteiger partial charge < -0.3 is 5.32 Å². The summed E-state index contributed by atoms with van der Waals surface area (Å²) in [6.07, 6.45) is 2.88. The number of nitro groups is 1. The quantitative estimate of drug-likeness (QED) is 0.219. The molecule has 5 aromatic rings. The zero-order chi connectivity index (χ0) is 23.7. The molecule has 0 saturated heterocycles. The molecule has 0 spiro atoms. The van der Waals surface area contributed by atoms with E-state index in [9.17, 15) is 14.9 Å². The van der Waals surface area contributed by atoms with Gasteiger partial charge in [-0.15, -0.1) is 15.0 Å². The monoisotopic (exact) mass is 449 g/mol. The highest BCUT2D eigenvalue weighted by atomic mass is 16.6. The summed E-state index contributed by atoms with van der Waals surface area (Å²) in [6.45, 7) is 1.89. The number of hydrogen-bond donors (Lipinski definition) is 1. The first-order valence-corrected chi connectivity index (χ1v) is 10.6. The molecule has 0 aliphatic heterocycles. The molecule has 0 saturated carbocycles. The second kappa shape index (κ2) is 8.59. The average molecular weight is 449 g/mol. The lowest BCUT2D eigenvalue weighted by Crippen LogP contribution is -2.08. The van der Waals surface area contributed by atoms with E-state index >= 15 is 0 Å². The van der Waals surface area contributed by atoms with Crippen LogP contribution in [0.25, 0.3) is 33.6 Å². The summed E-state index contributed by atoms with van der Waals surface area (Å²) in [5.74, 6) is -0.351. The molecule has 1 N–H and O–H groups in total. The molecule has 0 aliphatic rings. The van der Waals surface area contributed by atoms with E-state index < -0.39 is 4.92 Å². The van der Waals surface area contributed by atoms with Crippen LogP contribution in [-0.4, -0.2) is 25.8 Å². The SMILES string of the molecule is Cc1cc2nn(-c3cccc4ccccc34)nc2cc1NC(=O)/C=C/c1cccc([N+](=O)[O-])c1. The van der Waals surface area contributed by atoms with Crippen LogP contribution in [-0.2, 0) is 4.79 Å². The number of nitrogens with zero attached hydrogens (tertiary/aromatic N) is 4. The van der Waals surface area contributed by atoms with Crippen molar-refractivity contribution in [3.05, 3.63) is 106 Å². The molecule has 8 nitrogen and oxygen atoms in total. The summed E-state index contributed by atoms with van der Waals surface area (Å²) < 4.78 is 0. The van der Waals surface area contributed by atoms with Gasteiger partial charge in [-0.25, -0.2) is 0 Å². The molecule has 1 amide bonds. The van der Waals surface area contributed by atoms with Crippen molar-refractivity contribution in [3.63, 3.8) is 0 Å². The molecule has 8 heteroatoms. The van der Waals surface area contributed by atoms with E-state index in [0.717, 1.165) is 27.5 Å². The first-order valence-electron chi connectivity index (χ1n) is 10.6. The van der Waals surface area contributed by atoms with Gasteiger partial charge in [0.25, 0.3) is 5.69 Å². The van der Waals surface area contributed by atoms with Crippen molar-refractivity contribution in [1.29, 1.82) is 0 Å². The van der Waals surface area contributed by atoms with Gasteiger partial charge in [-0.2, -0.15) is 0 Å². The number of aryl methyl sites for hydroxylation is 1. The maximum atomic E-state index is 12.5. The average Bonchev–Trinajstić information content (AvgIpc) is 3.25. The van der Waals surface area contributed by atoms with Gasteiger partial charge in [0.2, 0.25) is 5.91 Å². The predicted molar refractivity (Wildman–Crippen MR) is 132 cm³/mol. The fourth-order valence-corrected chi connectivity index (χ4v) is 3.78. The van der Waals surface area contributed by atoms with Crippen molar-refractivity contribution in [3.8, 4) is 5.69 Å². The van der Waals surface area contributed by atoms with Gasteiger partial charge in [-0.05, 0) is 47.7 Å². The van der Waals surface area contributed by atoms with Crippen LogP contribution in [0.1, 0.15) is 11.1 Å². The van der Waals surface area contributed by atoms with E-state index in [1.165, 1.54) is 24.3 Å². The number of nitro benzene ring substituents is 1. The number of hydrogen-bond acceptors (Lipinski definition) is 5. The lowest BCUT2D eigenvalue weighted by molar-refractivity contribution is -0.384. The maximum Gasteiger partial charge on any atom is 0.270 e. The molecule has 0 aliphatic carbocycles. The molecule has 0 radical (unpaired) electrons. The Kier molecular flexibility index (Phi) is 5.31. The molecule has 166 valence electrons. The number of carbonyl (C=O) groups is 1. The summed E-state index contributed by atoms with van der Waals surface area (Å²) in [5, 5.41) is 25.2. The Labute approximate surface area is 194 Å². The van der Waals surface area contributed by atoms with E-state index in [2.05, 4.69) is 15.5 Å². The lowest BCUT2D eigenvalue weighted by atomic mass is 10.1. The molecule has 5 rings (SSSR count). The van der Waals surface area contributed by atoms with Gasteiger partial charge in [0.05, 0.1) is 10.6 Å². The number of rotatable bonds is 5. The number of aromatic nitrogens is 3. The molecular weight excluding hydrogens is 430 g/mol. The minimum atomic E-state index is -0.471. The van der Waals surface area contributed by atoms with Gasteiger partial charge in [-0.1, -0.05) is 48.5 Å². The zero-order valence-electron chi connectivity index (χ0n) is 18.2. The second-order valence-corrected chi connectivity index (χ2v) is 7.82. The number of nitrogens with one attached hydrogen (secondary N) is 1. The highest BCUT2D eigenvalue weighted by Crippen LogP contribution is 2.25. The van der Waals surface area contributed by atoms with Crippen LogP contribution in [0.5, 0.6) is 0 Å². The second-order valence-electron chi connectivity index (χ2n) is 7.82. The molecule has 1 heterocycles. The van der Waals surface area contributed by atoms with E-state index in [0.29, 0.717) is 16.8 Å². The standard InChI is InChI=1S/C26H19N5O3/c1-17-14-23-24(29-30(28-23)25-11-5-8-19-7-2-3-10-21(19)25)16-22(17)27-26(32)13-12-18-6-4-9-20(15-18)31(33)34/h2-16H,1H3,(H,27,32)/b13-12+. The molecular formula is C26H19N5O3. The third kappa shape index (κ3) is 4.12. The fourth-order valence-electron chi connectivity index (χ4n) is 3.78. The Morgan fingerprint density at radius 3 is 2.53 bits per heavy atom. The molecule has 0 bridgehead atoms. The van der Waals surface area contributed by atoms with Gasteiger partial charge >= 0.3 is 0 Å². The minimum Gasteiger partial charge on any atom is -0.322 e. The Morgan fingerprint density at radius 1 is 0.971 bits per heavy atom. The maximum absolute atomic E-state index is 12.5. The smallest absolute Gasteiger partial charge is 0.270 e. The number of non-ortho nitro benzene ring substituents is 1. The van der Waals surface area contributed by atoms with Crippen LogP contribution in [0.3, 0.4) is 0 Å². The highest BCUT2D eigenvalue weighted by Gasteiger charge is 2.11. The van der Waals surface area contributed by atoms with E-state index in [-0.39, 0.29) is 11.6 Å². The van der Waals surface area contributed by atoms with Crippen molar-refractivity contribution in [2.24, 2.45) is 0 Å². The van der Waals surface area contributed by atoms with Gasteiger partial charge in [0.1, 0.15) is 11.0 Å². The largest absolute Gasteiger partial charge is 0.322 e. The summed E-state index contributed by atoms with van der Waals surface area (Å²) >= 11 is 0. The first kappa shape index (κ1) is 21.0. The van der Waals surface area contributed by atoms with Crippen LogP contribution in [0.15, 0.2) is 84.9 Å². The number of fused-ring (bicyclic) bond motifs is 2. The summed E-state index contributed by atoms with van der Waals surface area (Å²) in [4.78, 5) is 24.6. The molecule has 0 unspecified atom stereocenters. The zero-order valence-corrected chi connectivity index (χ0v) is 18.2. The summed E-state index contributed by atoms with van der Waals surface area (Å²) in [6, 6.07) is 23.8. The van der Waals surface area contributed by atoms with Gasteiger partial charge in [-0.3, -0.25) is 14.9 Å². The Hall–Kier alpha value is -4.85. The molecule has 4 aromatic carbocycles. The number of carbonyl (C=O) groups excluding carboxylic acids is 1. The van der Waals surface area contributed by atoms with Gasteiger partial charge in [0, 0.05) is 29.3 Å². The van der Waals surface area contributed by atoms with E-state index in [1.54, 1.807) is 23.0 Å². The summed E-state index contributed by atoms with van der Waals surface area (Å²) in [5.41, 5.74) is 4.23.